The molecule has 2 aromatic heterocycles. The molecule has 2 heterocycles. The number of methoxy groups -OCH3 is 2. The van der Waals surface area contributed by atoms with E-state index in [-0.39, 0.29) is 17.5 Å². The highest BCUT2D eigenvalue weighted by molar-refractivity contribution is 8.00. The van der Waals surface area contributed by atoms with E-state index in [0.717, 1.165) is 33.9 Å². The predicted molar refractivity (Wildman–Crippen MR) is 123 cm³/mol. The van der Waals surface area contributed by atoms with Crippen molar-refractivity contribution in [3.8, 4) is 11.5 Å². The van der Waals surface area contributed by atoms with E-state index in [2.05, 4.69) is 13.8 Å². The first-order valence-corrected chi connectivity index (χ1v) is 12.0. The Morgan fingerprint density at radius 1 is 1.17 bits per heavy atom. The van der Waals surface area contributed by atoms with Gasteiger partial charge in [0, 0.05) is 16.2 Å². The van der Waals surface area contributed by atoms with Gasteiger partial charge in [0.1, 0.15) is 27.2 Å². The largest absolute Gasteiger partial charge is 0.497 e. The van der Waals surface area contributed by atoms with E-state index in [1.165, 1.54) is 35.0 Å². The van der Waals surface area contributed by atoms with Crippen molar-refractivity contribution in [3.05, 3.63) is 40.0 Å². The molecule has 5 nitrogen and oxygen atoms in total. The summed E-state index contributed by atoms with van der Waals surface area (Å²) in [6.45, 7) is 4.21. The van der Waals surface area contributed by atoms with Crippen molar-refractivity contribution in [2.24, 2.45) is 0 Å². The smallest absolute Gasteiger partial charge is 0.176 e. The van der Waals surface area contributed by atoms with Crippen LogP contribution in [0.3, 0.4) is 0 Å². The van der Waals surface area contributed by atoms with Crippen molar-refractivity contribution in [2.45, 2.75) is 50.5 Å². The molecular weight excluding hydrogens is 416 g/mol. The van der Waals surface area contributed by atoms with E-state index in [4.69, 9.17) is 19.4 Å². The minimum atomic E-state index is -0.00212. The predicted octanol–water partition coefficient (Wildman–Crippen LogP) is 5.69. The number of ketones is 1. The third-order valence-electron chi connectivity index (χ3n) is 5.36. The number of Topliss-reactive ketones (excluding diaryl/α,β-unsaturated/α-hetero) is 1. The SMILES string of the molecule is COc1ccc(OC)c(C(=O)CSc2nc(C(C)C)nc3sc4c(c23)CCCC4)c1. The molecule has 0 N–H and O–H groups in total. The van der Waals surface area contributed by atoms with Gasteiger partial charge in [-0.3, -0.25) is 4.79 Å². The van der Waals surface area contributed by atoms with Gasteiger partial charge < -0.3 is 9.47 Å². The van der Waals surface area contributed by atoms with Gasteiger partial charge in [-0.05, 0) is 49.4 Å². The molecule has 0 spiro atoms. The molecule has 0 saturated carbocycles. The fourth-order valence-electron chi connectivity index (χ4n) is 3.75. The molecular formula is C23H26N2O3S2. The zero-order valence-electron chi connectivity index (χ0n) is 17.8. The maximum atomic E-state index is 13.1. The Labute approximate surface area is 185 Å². The molecule has 30 heavy (non-hydrogen) atoms. The minimum Gasteiger partial charge on any atom is -0.497 e. The normalized spacial score (nSPS) is 13.5. The average Bonchev–Trinajstić information content (AvgIpc) is 3.15. The van der Waals surface area contributed by atoms with Gasteiger partial charge in [0.25, 0.3) is 0 Å². The number of ether oxygens (including phenoxy) is 2. The Hall–Kier alpha value is -2.12. The Bertz CT molecular complexity index is 1090. The summed E-state index contributed by atoms with van der Waals surface area (Å²) in [5.41, 5.74) is 1.93. The molecule has 7 heteroatoms. The molecule has 1 aliphatic rings. The number of carbonyl (C=O) groups is 1. The molecule has 3 aromatic rings. The van der Waals surface area contributed by atoms with Gasteiger partial charge in [0.15, 0.2) is 5.78 Å². The number of benzene rings is 1. The van der Waals surface area contributed by atoms with Gasteiger partial charge in [-0.1, -0.05) is 25.6 Å². The van der Waals surface area contributed by atoms with Crippen molar-refractivity contribution in [3.63, 3.8) is 0 Å². The number of aromatic nitrogens is 2. The lowest BCUT2D eigenvalue weighted by Crippen LogP contribution is -2.07. The van der Waals surface area contributed by atoms with Gasteiger partial charge in [0.05, 0.1) is 25.5 Å². The summed E-state index contributed by atoms with van der Waals surface area (Å²) in [6.07, 6.45) is 4.64. The summed E-state index contributed by atoms with van der Waals surface area (Å²) in [6, 6.07) is 5.30. The summed E-state index contributed by atoms with van der Waals surface area (Å²) in [4.78, 5) is 25.3. The zero-order valence-corrected chi connectivity index (χ0v) is 19.4. The van der Waals surface area contributed by atoms with E-state index < -0.39 is 0 Å². The van der Waals surface area contributed by atoms with E-state index in [1.807, 2.05) is 0 Å². The molecule has 0 unspecified atom stereocenters. The highest BCUT2D eigenvalue weighted by Gasteiger charge is 2.23. The van der Waals surface area contributed by atoms with Crippen LogP contribution in [0.2, 0.25) is 0 Å². The van der Waals surface area contributed by atoms with Gasteiger partial charge in [-0.25, -0.2) is 9.97 Å². The Kier molecular flexibility index (Phi) is 6.29. The fraction of sp³-hybridized carbons (Fsp3) is 0.435. The minimum absolute atomic E-state index is 0.00212. The van der Waals surface area contributed by atoms with Crippen LogP contribution in [0.4, 0.5) is 0 Å². The van der Waals surface area contributed by atoms with E-state index >= 15 is 0 Å². The van der Waals surface area contributed by atoms with Crippen molar-refractivity contribution in [1.29, 1.82) is 0 Å². The number of aryl methyl sites for hydroxylation is 2. The first kappa shape index (κ1) is 21.1. The van der Waals surface area contributed by atoms with Crippen molar-refractivity contribution >= 4 is 39.1 Å². The van der Waals surface area contributed by atoms with Crippen LogP contribution in [0.1, 0.15) is 59.2 Å². The number of hydrogen-bond donors (Lipinski definition) is 0. The average molecular weight is 443 g/mol. The molecule has 0 radical (unpaired) electrons. The van der Waals surface area contributed by atoms with Crippen LogP contribution >= 0.6 is 23.1 Å². The van der Waals surface area contributed by atoms with Gasteiger partial charge in [-0.2, -0.15) is 0 Å². The summed E-state index contributed by atoms with van der Waals surface area (Å²) in [5.74, 6) is 2.57. The third kappa shape index (κ3) is 4.05. The number of thioether (sulfide) groups is 1. The Morgan fingerprint density at radius 3 is 2.70 bits per heavy atom. The molecule has 0 bridgehead atoms. The first-order chi connectivity index (χ1) is 14.5. The topological polar surface area (TPSA) is 61.3 Å². The number of nitrogens with zero attached hydrogens (tertiary/aromatic N) is 2. The second-order valence-corrected chi connectivity index (χ2v) is 9.76. The number of fused-ring (bicyclic) bond motifs is 3. The maximum Gasteiger partial charge on any atom is 0.176 e. The number of rotatable bonds is 7. The third-order valence-corrected chi connectivity index (χ3v) is 7.52. The lowest BCUT2D eigenvalue weighted by molar-refractivity contribution is 0.101. The van der Waals surface area contributed by atoms with E-state index in [1.54, 1.807) is 43.8 Å². The lowest BCUT2D eigenvalue weighted by Gasteiger charge is -2.13. The van der Waals surface area contributed by atoms with Crippen molar-refractivity contribution < 1.29 is 14.3 Å². The van der Waals surface area contributed by atoms with Crippen LogP contribution in [0, 0.1) is 0 Å². The van der Waals surface area contributed by atoms with Gasteiger partial charge in [-0.15, -0.1) is 11.3 Å². The summed E-state index contributed by atoms with van der Waals surface area (Å²) in [7, 11) is 3.17. The van der Waals surface area contributed by atoms with Crippen LogP contribution < -0.4 is 9.47 Å². The molecule has 0 fully saturated rings. The summed E-state index contributed by atoms with van der Waals surface area (Å²) in [5, 5.41) is 2.09. The molecule has 0 saturated heterocycles. The highest BCUT2D eigenvalue weighted by Crippen LogP contribution is 2.40. The van der Waals surface area contributed by atoms with Gasteiger partial charge >= 0.3 is 0 Å². The summed E-state index contributed by atoms with van der Waals surface area (Å²) >= 11 is 3.31. The summed E-state index contributed by atoms with van der Waals surface area (Å²) < 4.78 is 10.7. The number of thiophene rings is 1. The van der Waals surface area contributed by atoms with Crippen molar-refractivity contribution in [2.75, 3.05) is 20.0 Å². The van der Waals surface area contributed by atoms with Crippen LogP contribution in [-0.4, -0.2) is 35.7 Å². The second kappa shape index (κ2) is 8.94. The van der Waals surface area contributed by atoms with Crippen LogP contribution in [0.5, 0.6) is 11.5 Å². The number of hydrogen-bond acceptors (Lipinski definition) is 7. The van der Waals surface area contributed by atoms with Crippen molar-refractivity contribution in [1.82, 2.24) is 9.97 Å². The molecule has 4 rings (SSSR count). The Morgan fingerprint density at radius 2 is 1.97 bits per heavy atom. The second-order valence-electron chi connectivity index (χ2n) is 7.71. The highest BCUT2D eigenvalue weighted by atomic mass is 32.2. The monoisotopic (exact) mass is 442 g/mol. The quantitative estimate of drug-likeness (QED) is 0.266. The molecule has 0 atom stereocenters. The van der Waals surface area contributed by atoms with E-state index in [9.17, 15) is 4.79 Å². The lowest BCUT2D eigenvalue weighted by atomic mass is 9.97. The maximum absolute atomic E-state index is 13.1. The first-order valence-electron chi connectivity index (χ1n) is 10.2. The van der Waals surface area contributed by atoms with Crippen LogP contribution in [0.15, 0.2) is 23.2 Å². The van der Waals surface area contributed by atoms with Gasteiger partial charge in [0.2, 0.25) is 0 Å². The zero-order chi connectivity index (χ0) is 21.3. The van der Waals surface area contributed by atoms with Crippen LogP contribution in [0.25, 0.3) is 10.2 Å². The molecule has 1 aromatic carbocycles. The van der Waals surface area contributed by atoms with Crippen LogP contribution in [-0.2, 0) is 12.8 Å². The fourth-order valence-corrected chi connectivity index (χ4v) is 6.02. The number of carbonyl (C=O) groups excluding carboxylic acids is 1. The molecule has 158 valence electrons. The molecule has 0 amide bonds. The van der Waals surface area contributed by atoms with E-state index in [0.29, 0.717) is 17.1 Å². The molecule has 1 aliphatic carbocycles. The standard InChI is InChI=1S/C23H26N2O3S2/c1-13(2)21-24-22(20-15-7-5-6-8-19(15)30-23(20)25-21)29-12-17(26)16-11-14(27-3)9-10-18(16)28-4/h9-11,13H,5-8,12H2,1-4H3. The Balaban J connectivity index is 1.68. The molecule has 0 aliphatic heterocycles.